The van der Waals surface area contributed by atoms with E-state index < -0.39 is 0 Å². The van der Waals surface area contributed by atoms with Crippen molar-refractivity contribution in [2.75, 3.05) is 13.1 Å². The van der Waals surface area contributed by atoms with E-state index in [-0.39, 0.29) is 5.56 Å². The van der Waals surface area contributed by atoms with E-state index in [9.17, 15) is 4.79 Å². The predicted molar refractivity (Wildman–Crippen MR) is 72.6 cm³/mol. The Morgan fingerprint density at radius 3 is 2.68 bits per heavy atom. The number of nitrogens with one attached hydrogen (secondary N) is 2. The lowest BCUT2D eigenvalue weighted by molar-refractivity contribution is 0.446. The molecule has 0 radical (unpaired) electrons. The highest BCUT2D eigenvalue weighted by Crippen LogP contribution is 2.41. The van der Waals surface area contributed by atoms with Crippen LogP contribution in [0.5, 0.6) is 0 Å². The van der Waals surface area contributed by atoms with Crippen molar-refractivity contribution in [3.8, 4) is 0 Å². The third-order valence-corrected chi connectivity index (χ3v) is 4.34. The first kappa shape index (κ1) is 11.2. The summed E-state index contributed by atoms with van der Waals surface area (Å²) in [5, 5.41) is 7.89. The molecule has 5 nitrogen and oxygen atoms in total. The van der Waals surface area contributed by atoms with Gasteiger partial charge in [-0.2, -0.15) is 5.10 Å². The fraction of sp³-hybridized carbons (Fsp3) is 0.571. The number of aromatic nitrogens is 3. The topological polar surface area (TPSA) is 62.2 Å². The summed E-state index contributed by atoms with van der Waals surface area (Å²) in [6, 6.07) is 1.73. The van der Waals surface area contributed by atoms with Crippen LogP contribution in [0.1, 0.15) is 48.8 Å². The number of rotatable bonds is 2. The zero-order valence-electron chi connectivity index (χ0n) is 10.9. The monoisotopic (exact) mass is 258 g/mol. The first-order valence-corrected chi connectivity index (χ1v) is 7.14. The number of hydrogen-bond acceptors (Lipinski definition) is 3. The third-order valence-electron chi connectivity index (χ3n) is 4.34. The van der Waals surface area contributed by atoms with Crippen molar-refractivity contribution >= 4 is 5.65 Å². The molecule has 2 aliphatic rings. The molecule has 1 saturated heterocycles. The molecule has 2 fully saturated rings. The van der Waals surface area contributed by atoms with E-state index in [1.165, 1.54) is 18.4 Å². The fourth-order valence-corrected chi connectivity index (χ4v) is 3.13. The molecule has 3 heterocycles. The van der Waals surface area contributed by atoms with E-state index in [0.717, 1.165) is 37.3 Å². The zero-order chi connectivity index (χ0) is 12.8. The Balaban J connectivity index is 1.87. The van der Waals surface area contributed by atoms with Crippen molar-refractivity contribution in [2.24, 2.45) is 0 Å². The van der Waals surface area contributed by atoms with Crippen LogP contribution in [0.25, 0.3) is 5.65 Å². The molecule has 1 aliphatic carbocycles. The maximum absolute atomic E-state index is 11.9. The van der Waals surface area contributed by atoms with Gasteiger partial charge in [-0.1, -0.05) is 0 Å². The molecular formula is C14H18N4O. The van der Waals surface area contributed by atoms with Crippen LogP contribution in [0.15, 0.2) is 17.1 Å². The van der Waals surface area contributed by atoms with Crippen molar-refractivity contribution in [3.63, 3.8) is 0 Å². The van der Waals surface area contributed by atoms with Crippen molar-refractivity contribution in [1.29, 1.82) is 0 Å². The van der Waals surface area contributed by atoms with Gasteiger partial charge < -0.3 is 10.3 Å². The van der Waals surface area contributed by atoms with Gasteiger partial charge in [0.1, 0.15) is 5.65 Å². The van der Waals surface area contributed by atoms with Gasteiger partial charge >= 0.3 is 0 Å². The molecule has 0 amide bonds. The average molecular weight is 258 g/mol. The standard InChI is InChI=1S/C14H18N4O/c19-13-7-12(10-3-5-15-6-4-10)18-14(17-13)11(8-16-18)9-1-2-9/h7-10,15H,1-6H2,(H,17,19). The Kier molecular flexibility index (Phi) is 2.48. The van der Waals surface area contributed by atoms with Crippen molar-refractivity contribution < 1.29 is 0 Å². The Bertz CT molecular complexity index is 662. The highest BCUT2D eigenvalue weighted by molar-refractivity contribution is 5.50. The van der Waals surface area contributed by atoms with Crippen LogP contribution in [-0.2, 0) is 0 Å². The second kappa shape index (κ2) is 4.20. The molecule has 0 atom stereocenters. The van der Waals surface area contributed by atoms with Crippen molar-refractivity contribution in [3.05, 3.63) is 33.9 Å². The fourth-order valence-electron chi connectivity index (χ4n) is 3.13. The van der Waals surface area contributed by atoms with Crippen molar-refractivity contribution in [2.45, 2.75) is 37.5 Å². The quantitative estimate of drug-likeness (QED) is 0.855. The molecule has 2 N–H and O–H groups in total. The normalized spacial score (nSPS) is 21.1. The number of hydrogen-bond donors (Lipinski definition) is 2. The number of fused-ring (bicyclic) bond motifs is 1. The van der Waals surface area contributed by atoms with Gasteiger partial charge in [-0.05, 0) is 44.7 Å². The second-order valence-corrected chi connectivity index (χ2v) is 5.72. The highest BCUT2D eigenvalue weighted by atomic mass is 16.1. The second-order valence-electron chi connectivity index (χ2n) is 5.72. The van der Waals surface area contributed by atoms with Gasteiger partial charge in [0.15, 0.2) is 0 Å². The summed E-state index contributed by atoms with van der Waals surface area (Å²) in [6.07, 6.45) is 6.55. The minimum Gasteiger partial charge on any atom is -0.317 e. The average Bonchev–Trinajstić information content (AvgIpc) is 3.19. The predicted octanol–water partition coefficient (Wildman–Crippen LogP) is 1.37. The SMILES string of the molecule is O=c1cc(C2CCNCC2)n2ncc(C3CC3)c2[nH]1. The van der Waals surface area contributed by atoms with Gasteiger partial charge in [-0.15, -0.1) is 0 Å². The molecule has 0 unspecified atom stereocenters. The molecule has 5 heteroatoms. The maximum atomic E-state index is 11.9. The first-order chi connectivity index (χ1) is 9.33. The summed E-state index contributed by atoms with van der Waals surface area (Å²) in [4.78, 5) is 14.9. The smallest absolute Gasteiger partial charge is 0.251 e. The molecule has 0 spiro atoms. The van der Waals surface area contributed by atoms with Gasteiger partial charge in [0, 0.05) is 17.5 Å². The minimum absolute atomic E-state index is 0.00318. The van der Waals surface area contributed by atoms with Crippen molar-refractivity contribution in [1.82, 2.24) is 19.9 Å². The van der Waals surface area contributed by atoms with Gasteiger partial charge in [-0.25, -0.2) is 4.52 Å². The molecule has 2 aromatic rings. The Hall–Kier alpha value is -1.62. The Morgan fingerprint density at radius 1 is 1.16 bits per heavy atom. The zero-order valence-corrected chi connectivity index (χ0v) is 10.9. The van der Waals surface area contributed by atoms with Crippen LogP contribution in [0.4, 0.5) is 0 Å². The van der Waals surface area contributed by atoms with Crippen LogP contribution < -0.4 is 10.9 Å². The van der Waals surface area contributed by atoms with E-state index in [1.807, 2.05) is 10.7 Å². The van der Waals surface area contributed by atoms with E-state index in [1.54, 1.807) is 6.07 Å². The molecule has 0 aromatic carbocycles. The Morgan fingerprint density at radius 2 is 1.95 bits per heavy atom. The maximum Gasteiger partial charge on any atom is 0.251 e. The number of aromatic amines is 1. The summed E-state index contributed by atoms with van der Waals surface area (Å²) in [5.41, 5.74) is 3.21. The van der Waals surface area contributed by atoms with Gasteiger partial charge in [0.25, 0.3) is 5.56 Å². The van der Waals surface area contributed by atoms with E-state index in [4.69, 9.17) is 0 Å². The molecule has 1 saturated carbocycles. The molecule has 4 rings (SSSR count). The van der Waals surface area contributed by atoms with Crippen LogP contribution in [0.3, 0.4) is 0 Å². The van der Waals surface area contributed by atoms with Gasteiger partial charge in [0.2, 0.25) is 0 Å². The lowest BCUT2D eigenvalue weighted by Crippen LogP contribution is -2.28. The molecule has 19 heavy (non-hydrogen) atoms. The molecule has 0 bridgehead atoms. The van der Waals surface area contributed by atoms with Crippen LogP contribution >= 0.6 is 0 Å². The van der Waals surface area contributed by atoms with E-state index in [2.05, 4.69) is 15.4 Å². The van der Waals surface area contributed by atoms with E-state index >= 15 is 0 Å². The Labute approximate surface area is 111 Å². The van der Waals surface area contributed by atoms with Crippen LogP contribution in [-0.4, -0.2) is 27.7 Å². The number of H-pyrrole nitrogens is 1. The molecule has 1 aliphatic heterocycles. The lowest BCUT2D eigenvalue weighted by atomic mass is 9.94. The number of nitrogens with zero attached hydrogens (tertiary/aromatic N) is 2. The summed E-state index contributed by atoms with van der Waals surface area (Å²) in [5.74, 6) is 1.05. The lowest BCUT2D eigenvalue weighted by Gasteiger charge is -2.23. The molecule has 100 valence electrons. The molecule has 2 aromatic heterocycles. The van der Waals surface area contributed by atoms with Crippen LogP contribution in [0.2, 0.25) is 0 Å². The summed E-state index contributed by atoms with van der Waals surface area (Å²) >= 11 is 0. The van der Waals surface area contributed by atoms with Crippen LogP contribution in [0, 0.1) is 0 Å². The van der Waals surface area contributed by atoms with Gasteiger partial charge in [0.05, 0.1) is 11.9 Å². The summed E-state index contributed by atoms with van der Waals surface area (Å²) < 4.78 is 1.96. The third kappa shape index (κ3) is 1.89. The number of piperidine rings is 1. The summed E-state index contributed by atoms with van der Waals surface area (Å²) in [6.45, 7) is 2.05. The first-order valence-electron chi connectivity index (χ1n) is 7.14. The summed E-state index contributed by atoms with van der Waals surface area (Å²) in [7, 11) is 0. The largest absolute Gasteiger partial charge is 0.317 e. The minimum atomic E-state index is 0.00318. The highest BCUT2D eigenvalue weighted by Gasteiger charge is 2.28. The van der Waals surface area contributed by atoms with Gasteiger partial charge in [-0.3, -0.25) is 4.79 Å². The van der Waals surface area contributed by atoms with E-state index in [0.29, 0.717) is 11.8 Å². The molecular weight excluding hydrogens is 240 g/mol.